The maximum absolute atomic E-state index is 12.8. The summed E-state index contributed by atoms with van der Waals surface area (Å²) in [7, 11) is 0. The molecule has 2 aromatic rings. The van der Waals surface area contributed by atoms with Gasteiger partial charge in [-0.1, -0.05) is 0 Å². The molecule has 128 valence electrons. The zero-order chi connectivity index (χ0) is 16.9. The van der Waals surface area contributed by atoms with E-state index in [-0.39, 0.29) is 17.7 Å². The summed E-state index contributed by atoms with van der Waals surface area (Å²) in [6.07, 6.45) is 3.39. The molecule has 3 rings (SSSR count). The number of nitrogens with one attached hydrogen (secondary N) is 1. The maximum atomic E-state index is 12.8. The second kappa shape index (κ2) is 7.66. The van der Waals surface area contributed by atoms with E-state index in [1.807, 2.05) is 17.0 Å². The van der Waals surface area contributed by atoms with Crippen molar-refractivity contribution in [3.05, 3.63) is 46.0 Å². The Morgan fingerprint density at radius 1 is 1.38 bits per heavy atom. The largest absolute Gasteiger partial charge is 0.467 e. The maximum Gasteiger partial charge on any atom is 0.223 e. The van der Waals surface area contributed by atoms with Crippen molar-refractivity contribution in [1.82, 2.24) is 10.2 Å². The van der Waals surface area contributed by atoms with Gasteiger partial charge < -0.3 is 14.6 Å². The van der Waals surface area contributed by atoms with Gasteiger partial charge in [-0.3, -0.25) is 9.59 Å². The van der Waals surface area contributed by atoms with Crippen molar-refractivity contribution in [2.45, 2.75) is 39.3 Å². The van der Waals surface area contributed by atoms with Crippen LogP contribution in [-0.2, 0) is 22.7 Å². The third kappa shape index (κ3) is 4.47. The second-order valence-corrected chi connectivity index (χ2v) is 7.63. The van der Waals surface area contributed by atoms with Gasteiger partial charge >= 0.3 is 0 Å². The zero-order valence-corrected chi connectivity index (χ0v) is 14.6. The van der Waals surface area contributed by atoms with Gasteiger partial charge in [0, 0.05) is 29.1 Å². The number of thiophene rings is 1. The van der Waals surface area contributed by atoms with Crippen molar-refractivity contribution in [1.29, 1.82) is 0 Å². The van der Waals surface area contributed by atoms with E-state index in [1.165, 1.54) is 9.75 Å². The van der Waals surface area contributed by atoms with E-state index in [4.69, 9.17) is 4.42 Å². The highest BCUT2D eigenvalue weighted by atomic mass is 32.1. The van der Waals surface area contributed by atoms with Crippen LogP contribution in [0.5, 0.6) is 0 Å². The predicted octanol–water partition coefficient (Wildman–Crippen LogP) is 3.09. The quantitative estimate of drug-likeness (QED) is 0.874. The molecule has 24 heavy (non-hydrogen) atoms. The molecule has 3 heterocycles. The number of carbonyl (C=O) groups is 2. The summed E-state index contributed by atoms with van der Waals surface area (Å²) in [6.45, 7) is 3.73. The van der Waals surface area contributed by atoms with Gasteiger partial charge in [-0.25, -0.2) is 0 Å². The number of hydrogen-bond acceptors (Lipinski definition) is 4. The van der Waals surface area contributed by atoms with E-state index in [0.29, 0.717) is 32.5 Å². The van der Waals surface area contributed by atoms with E-state index in [2.05, 4.69) is 24.4 Å². The first-order valence-corrected chi connectivity index (χ1v) is 9.04. The van der Waals surface area contributed by atoms with Crippen molar-refractivity contribution in [3.63, 3.8) is 0 Å². The summed E-state index contributed by atoms with van der Waals surface area (Å²) in [5, 5.41) is 2.85. The molecule has 1 fully saturated rings. The molecule has 6 heteroatoms. The Hall–Kier alpha value is -2.08. The van der Waals surface area contributed by atoms with Gasteiger partial charge in [-0.2, -0.15) is 0 Å². The van der Waals surface area contributed by atoms with Crippen LogP contribution in [0.1, 0.15) is 34.8 Å². The molecule has 2 amide bonds. The topological polar surface area (TPSA) is 62.6 Å². The summed E-state index contributed by atoms with van der Waals surface area (Å²) >= 11 is 1.71. The van der Waals surface area contributed by atoms with Crippen LogP contribution in [0, 0.1) is 12.8 Å². The van der Waals surface area contributed by atoms with Gasteiger partial charge in [0.1, 0.15) is 5.76 Å². The lowest BCUT2D eigenvalue weighted by molar-refractivity contribution is -0.134. The smallest absolute Gasteiger partial charge is 0.223 e. The van der Waals surface area contributed by atoms with E-state index in [0.717, 1.165) is 12.2 Å². The normalized spacial score (nSPS) is 17.5. The Kier molecular flexibility index (Phi) is 5.35. The molecule has 0 saturated carbocycles. The fourth-order valence-electron chi connectivity index (χ4n) is 2.92. The lowest BCUT2D eigenvalue weighted by Crippen LogP contribution is -2.38. The Morgan fingerprint density at radius 3 is 2.88 bits per heavy atom. The molecule has 1 N–H and O–H groups in total. The Morgan fingerprint density at radius 2 is 2.25 bits per heavy atom. The lowest BCUT2D eigenvalue weighted by atomic mass is 9.95. The molecule has 0 bridgehead atoms. The molecule has 1 aliphatic heterocycles. The molecule has 0 spiro atoms. The summed E-state index contributed by atoms with van der Waals surface area (Å²) in [5.41, 5.74) is 0. The third-order valence-corrected chi connectivity index (χ3v) is 5.24. The van der Waals surface area contributed by atoms with Crippen molar-refractivity contribution in [3.8, 4) is 0 Å². The van der Waals surface area contributed by atoms with E-state index in [9.17, 15) is 9.59 Å². The Balaban J connectivity index is 1.65. The molecule has 1 aliphatic rings. The number of piperidine rings is 1. The molecule has 1 saturated heterocycles. The van der Waals surface area contributed by atoms with Gasteiger partial charge in [-0.05, 0) is 43.5 Å². The third-order valence-electron chi connectivity index (χ3n) is 4.25. The first kappa shape index (κ1) is 16.8. The van der Waals surface area contributed by atoms with Gasteiger partial charge in [0.25, 0.3) is 0 Å². The van der Waals surface area contributed by atoms with Crippen LogP contribution in [0.4, 0.5) is 0 Å². The average Bonchev–Trinajstić information content (AvgIpc) is 3.21. The fourth-order valence-corrected chi connectivity index (χ4v) is 3.82. The van der Waals surface area contributed by atoms with Crippen LogP contribution in [0.25, 0.3) is 0 Å². The molecule has 0 aromatic carbocycles. The molecule has 2 aromatic heterocycles. The average molecular weight is 346 g/mol. The van der Waals surface area contributed by atoms with E-state index < -0.39 is 0 Å². The predicted molar refractivity (Wildman–Crippen MR) is 92.4 cm³/mol. The highest BCUT2D eigenvalue weighted by Crippen LogP contribution is 2.22. The summed E-state index contributed by atoms with van der Waals surface area (Å²) in [5.74, 6) is 1.20. The van der Waals surface area contributed by atoms with Crippen molar-refractivity contribution >= 4 is 23.2 Å². The molecule has 0 aliphatic carbocycles. The van der Waals surface area contributed by atoms with Gasteiger partial charge in [0.05, 0.1) is 19.4 Å². The van der Waals surface area contributed by atoms with Crippen molar-refractivity contribution < 1.29 is 14.0 Å². The first-order valence-electron chi connectivity index (χ1n) is 8.22. The zero-order valence-electron chi connectivity index (χ0n) is 13.8. The number of carbonyl (C=O) groups excluding carboxylic acids is 2. The van der Waals surface area contributed by atoms with Gasteiger partial charge in [-0.15, -0.1) is 11.3 Å². The molecular weight excluding hydrogens is 324 g/mol. The number of hydrogen-bond donors (Lipinski definition) is 1. The van der Waals surface area contributed by atoms with Crippen LogP contribution in [0.2, 0.25) is 0 Å². The standard InChI is InChI=1S/C18H22N2O3S/c1-13-4-6-16(24-13)12-20(11-15-3-2-8-23-15)18(22)9-14-5-7-17(21)19-10-14/h2-4,6,8,14H,5,7,9-12H2,1H3,(H,19,21). The molecular formula is C18H22N2O3S. The Labute approximate surface area is 145 Å². The van der Waals surface area contributed by atoms with E-state index >= 15 is 0 Å². The SMILES string of the molecule is Cc1ccc(CN(Cc2ccco2)C(=O)CC2CCC(=O)NC2)s1. The number of rotatable bonds is 6. The molecule has 1 atom stereocenters. The number of nitrogens with zero attached hydrogens (tertiary/aromatic N) is 1. The summed E-state index contributed by atoms with van der Waals surface area (Å²) in [4.78, 5) is 28.3. The fraction of sp³-hybridized carbons (Fsp3) is 0.444. The van der Waals surface area contributed by atoms with Crippen LogP contribution in [0.3, 0.4) is 0 Å². The lowest BCUT2D eigenvalue weighted by Gasteiger charge is -2.26. The number of aryl methyl sites for hydroxylation is 1. The van der Waals surface area contributed by atoms with E-state index in [1.54, 1.807) is 17.6 Å². The van der Waals surface area contributed by atoms with Crippen molar-refractivity contribution in [2.75, 3.05) is 6.54 Å². The van der Waals surface area contributed by atoms with Gasteiger partial charge in [0.15, 0.2) is 0 Å². The van der Waals surface area contributed by atoms with Crippen LogP contribution in [0.15, 0.2) is 34.9 Å². The number of furan rings is 1. The molecule has 1 unspecified atom stereocenters. The van der Waals surface area contributed by atoms with Crippen LogP contribution >= 0.6 is 11.3 Å². The highest BCUT2D eigenvalue weighted by Gasteiger charge is 2.24. The Bertz CT molecular complexity index is 683. The molecule has 5 nitrogen and oxygen atoms in total. The monoisotopic (exact) mass is 346 g/mol. The minimum atomic E-state index is 0.0835. The first-order chi connectivity index (χ1) is 11.6. The highest BCUT2D eigenvalue weighted by molar-refractivity contribution is 7.11. The van der Waals surface area contributed by atoms with Crippen molar-refractivity contribution in [2.24, 2.45) is 5.92 Å². The van der Waals surface area contributed by atoms with Crippen LogP contribution < -0.4 is 5.32 Å². The number of amides is 2. The summed E-state index contributed by atoms with van der Waals surface area (Å²) < 4.78 is 5.41. The summed E-state index contributed by atoms with van der Waals surface area (Å²) in [6, 6.07) is 7.88. The van der Waals surface area contributed by atoms with Gasteiger partial charge in [0.2, 0.25) is 11.8 Å². The minimum absolute atomic E-state index is 0.0835. The van der Waals surface area contributed by atoms with Crippen LogP contribution in [-0.4, -0.2) is 23.3 Å². The second-order valence-electron chi connectivity index (χ2n) is 6.25. The minimum Gasteiger partial charge on any atom is -0.467 e. The molecule has 0 radical (unpaired) electrons.